The molecule has 0 unspecified atom stereocenters. The van der Waals surface area contributed by atoms with Crippen molar-refractivity contribution in [1.82, 2.24) is 9.97 Å². The van der Waals surface area contributed by atoms with Crippen LogP contribution in [0.2, 0.25) is 0 Å². The summed E-state index contributed by atoms with van der Waals surface area (Å²) in [5.41, 5.74) is 0.435. The molecule has 1 fully saturated rings. The highest BCUT2D eigenvalue weighted by Crippen LogP contribution is 2.32. The fourth-order valence-electron chi connectivity index (χ4n) is 4.30. The van der Waals surface area contributed by atoms with E-state index in [4.69, 9.17) is 0 Å². The predicted octanol–water partition coefficient (Wildman–Crippen LogP) is 2.60. The van der Waals surface area contributed by atoms with Crippen LogP contribution in [0, 0.1) is 0 Å². The molecule has 3 heterocycles. The van der Waals surface area contributed by atoms with E-state index < -0.39 is 11.8 Å². The monoisotopic (exact) mass is 395 g/mol. The zero-order valence-electron chi connectivity index (χ0n) is 16.6. The van der Waals surface area contributed by atoms with E-state index in [2.05, 4.69) is 39.3 Å². The third-order valence-corrected chi connectivity index (χ3v) is 5.73. The zero-order valence-corrected chi connectivity index (χ0v) is 16.6. The van der Waals surface area contributed by atoms with Crippen molar-refractivity contribution >= 4 is 29.3 Å². The van der Waals surface area contributed by atoms with Crippen molar-refractivity contribution in [2.75, 3.05) is 15.5 Å². The fraction of sp³-hybridized carbons (Fsp3) is 0.429. The molecule has 1 saturated heterocycles. The summed E-state index contributed by atoms with van der Waals surface area (Å²) in [5, 5.41) is 5.46. The van der Waals surface area contributed by atoms with E-state index in [0.29, 0.717) is 11.6 Å². The van der Waals surface area contributed by atoms with E-state index in [1.807, 2.05) is 6.07 Å². The van der Waals surface area contributed by atoms with Crippen LogP contribution in [0.4, 0.5) is 17.5 Å². The number of amides is 2. The number of aromatic amines is 1. The minimum absolute atomic E-state index is 0.0910. The molecule has 1 aromatic heterocycles. The molecule has 0 radical (unpaired) electrons. The lowest BCUT2D eigenvalue weighted by atomic mass is 9.92. The van der Waals surface area contributed by atoms with Crippen molar-refractivity contribution in [1.29, 1.82) is 0 Å². The molecule has 3 atom stereocenters. The molecular formula is C21H25N5O3. The van der Waals surface area contributed by atoms with Crippen LogP contribution in [0.1, 0.15) is 51.0 Å². The van der Waals surface area contributed by atoms with Gasteiger partial charge in [0.1, 0.15) is 5.82 Å². The molecule has 2 aromatic rings. The zero-order chi connectivity index (χ0) is 20.5. The molecule has 0 bridgehead atoms. The average molecular weight is 395 g/mol. The Kier molecular flexibility index (Phi) is 5.08. The average Bonchev–Trinajstić information content (AvgIpc) is 2.67. The van der Waals surface area contributed by atoms with Gasteiger partial charge in [0.2, 0.25) is 17.8 Å². The lowest BCUT2D eigenvalue weighted by Crippen LogP contribution is -2.46. The number of benzene rings is 1. The summed E-state index contributed by atoms with van der Waals surface area (Å²) in [6.07, 6.45) is 3.07. The number of rotatable bonds is 3. The third-order valence-electron chi connectivity index (χ3n) is 5.73. The summed E-state index contributed by atoms with van der Waals surface area (Å²) in [5.74, 6) is -0.988. The van der Waals surface area contributed by atoms with Gasteiger partial charge >= 0.3 is 0 Å². The maximum absolute atomic E-state index is 13.0. The van der Waals surface area contributed by atoms with E-state index in [9.17, 15) is 14.4 Å². The predicted molar refractivity (Wildman–Crippen MR) is 111 cm³/mol. The third kappa shape index (κ3) is 3.74. The SMILES string of the molecule is C[C@@H]1CCC[C@@H](C)N1c1nc2c(c(=O)[nH]1)[C@@H](C(=O)Nc1ccccc1)CC(=O)N2. The number of aromatic nitrogens is 2. The first-order chi connectivity index (χ1) is 13.9. The van der Waals surface area contributed by atoms with Crippen LogP contribution in [-0.4, -0.2) is 33.9 Å². The number of hydrogen-bond acceptors (Lipinski definition) is 5. The summed E-state index contributed by atoms with van der Waals surface area (Å²) >= 11 is 0. The number of fused-ring (bicyclic) bond motifs is 1. The number of hydrogen-bond donors (Lipinski definition) is 3. The van der Waals surface area contributed by atoms with Crippen LogP contribution in [-0.2, 0) is 9.59 Å². The van der Waals surface area contributed by atoms with Gasteiger partial charge in [-0.05, 0) is 45.2 Å². The molecule has 29 heavy (non-hydrogen) atoms. The Morgan fingerprint density at radius 3 is 2.52 bits per heavy atom. The minimum Gasteiger partial charge on any atom is -0.337 e. The molecule has 3 N–H and O–H groups in total. The molecule has 0 saturated carbocycles. The van der Waals surface area contributed by atoms with Gasteiger partial charge in [0.25, 0.3) is 5.56 Å². The summed E-state index contributed by atoms with van der Waals surface area (Å²) in [6.45, 7) is 4.20. The van der Waals surface area contributed by atoms with Crippen LogP contribution in [0.3, 0.4) is 0 Å². The minimum atomic E-state index is -0.888. The van der Waals surface area contributed by atoms with Gasteiger partial charge < -0.3 is 15.5 Å². The first-order valence-electron chi connectivity index (χ1n) is 10.0. The molecule has 8 heteroatoms. The summed E-state index contributed by atoms with van der Waals surface area (Å²) in [4.78, 5) is 47.6. The Morgan fingerprint density at radius 1 is 1.14 bits per heavy atom. The van der Waals surface area contributed by atoms with Crippen LogP contribution in [0.25, 0.3) is 0 Å². The number of piperidine rings is 1. The van der Waals surface area contributed by atoms with Crippen LogP contribution in [0.5, 0.6) is 0 Å². The summed E-state index contributed by atoms with van der Waals surface area (Å²) in [6, 6.07) is 9.43. The molecule has 2 aliphatic heterocycles. The molecule has 1 aromatic carbocycles. The van der Waals surface area contributed by atoms with E-state index in [1.54, 1.807) is 24.3 Å². The van der Waals surface area contributed by atoms with Crippen molar-refractivity contribution in [3.8, 4) is 0 Å². The van der Waals surface area contributed by atoms with Crippen molar-refractivity contribution in [3.05, 3.63) is 46.2 Å². The maximum Gasteiger partial charge on any atom is 0.258 e. The molecule has 152 valence electrons. The van der Waals surface area contributed by atoms with Gasteiger partial charge in [0, 0.05) is 24.2 Å². The molecule has 0 aliphatic carbocycles. The Morgan fingerprint density at radius 2 is 1.83 bits per heavy atom. The second-order valence-corrected chi connectivity index (χ2v) is 7.85. The Bertz CT molecular complexity index is 978. The highest BCUT2D eigenvalue weighted by atomic mass is 16.2. The number of carbonyl (C=O) groups is 2. The number of nitrogens with zero attached hydrogens (tertiary/aromatic N) is 2. The first-order valence-corrected chi connectivity index (χ1v) is 10.0. The summed E-state index contributed by atoms with van der Waals surface area (Å²) in [7, 11) is 0. The fourth-order valence-corrected chi connectivity index (χ4v) is 4.30. The van der Waals surface area contributed by atoms with E-state index in [0.717, 1.165) is 19.3 Å². The topological polar surface area (TPSA) is 107 Å². The Balaban J connectivity index is 1.69. The first kappa shape index (κ1) is 19.2. The van der Waals surface area contributed by atoms with Gasteiger partial charge in [0.15, 0.2) is 0 Å². The van der Waals surface area contributed by atoms with Gasteiger partial charge in [0.05, 0.1) is 11.5 Å². The molecule has 0 spiro atoms. The highest BCUT2D eigenvalue weighted by molar-refractivity contribution is 6.04. The number of nitrogens with one attached hydrogen (secondary N) is 3. The lowest BCUT2D eigenvalue weighted by Gasteiger charge is -2.39. The van der Waals surface area contributed by atoms with Crippen molar-refractivity contribution < 1.29 is 9.59 Å². The molecule has 2 aliphatic rings. The maximum atomic E-state index is 13.0. The Hall–Kier alpha value is -3.16. The second kappa shape index (κ2) is 7.69. The van der Waals surface area contributed by atoms with E-state index in [-0.39, 0.29) is 41.4 Å². The second-order valence-electron chi connectivity index (χ2n) is 7.85. The summed E-state index contributed by atoms with van der Waals surface area (Å²) < 4.78 is 0. The van der Waals surface area contributed by atoms with Crippen molar-refractivity contribution in [3.63, 3.8) is 0 Å². The number of carbonyl (C=O) groups excluding carboxylic acids is 2. The number of anilines is 3. The van der Waals surface area contributed by atoms with Gasteiger partial charge in [-0.25, -0.2) is 0 Å². The Labute approximate surface area is 168 Å². The molecule has 2 amide bonds. The smallest absolute Gasteiger partial charge is 0.258 e. The lowest BCUT2D eigenvalue weighted by molar-refractivity contribution is -0.123. The number of H-pyrrole nitrogens is 1. The van der Waals surface area contributed by atoms with E-state index >= 15 is 0 Å². The molecule has 8 nitrogen and oxygen atoms in total. The highest BCUT2D eigenvalue weighted by Gasteiger charge is 2.36. The van der Waals surface area contributed by atoms with Gasteiger partial charge in [-0.3, -0.25) is 19.4 Å². The van der Waals surface area contributed by atoms with Gasteiger partial charge in [-0.15, -0.1) is 0 Å². The van der Waals surface area contributed by atoms with Crippen LogP contribution in [0.15, 0.2) is 35.1 Å². The van der Waals surface area contributed by atoms with Crippen molar-refractivity contribution in [2.24, 2.45) is 0 Å². The van der Waals surface area contributed by atoms with Gasteiger partial charge in [-0.1, -0.05) is 18.2 Å². The normalized spacial score (nSPS) is 23.9. The standard InChI is InChI=1S/C21H25N5O3/c1-12-7-6-8-13(2)26(12)21-24-18-17(20(29)25-21)15(11-16(27)23-18)19(28)22-14-9-4-3-5-10-14/h3-5,9-10,12-13,15H,6-8,11H2,1-2H3,(H,22,28)(H2,23,24,25,27,29)/t12-,13-,15+/m1/s1. The molecule has 4 rings (SSSR count). The van der Waals surface area contributed by atoms with Crippen molar-refractivity contribution in [2.45, 2.75) is 57.5 Å². The van der Waals surface area contributed by atoms with E-state index in [1.165, 1.54) is 0 Å². The molecular weight excluding hydrogens is 370 g/mol. The quantitative estimate of drug-likeness (QED) is 0.741. The van der Waals surface area contributed by atoms with Crippen LogP contribution < -0.4 is 21.1 Å². The largest absolute Gasteiger partial charge is 0.337 e. The van der Waals surface area contributed by atoms with Crippen LogP contribution >= 0.6 is 0 Å². The number of para-hydroxylation sites is 1. The van der Waals surface area contributed by atoms with Gasteiger partial charge in [-0.2, -0.15) is 4.98 Å².